The lowest BCUT2D eigenvalue weighted by Gasteiger charge is -2.06. The van der Waals surface area contributed by atoms with Crippen molar-refractivity contribution in [2.45, 2.75) is 33.4 Å². The number of benzene rings is 7. The van der Waals surface area contributed by atoms with E-state index < -0.39 is 30.4 Å². The third kappa shape index (κ3) is 9.72. The highest BCUT2D eigenvalue weighted by Gasteiger charge is 2.19. The van der Waals surface area contributed by atoms with Crippen LogP contribution in [0.2, 0.25) is 0 Å². The normalized spacial score (nSPS) is 12.5. The maximum absolute atomic E-state index is 11.8. The first-order valence-electron chi connectivity index (χ1n) is 19.0. The highest BCUT2D eigenvalue weighted by Crippen LogP contribution is 2.34. The fraction of sp³-hybridized carbons (Fsp3) is 0.0476. The molecule has 66 heavy (non-hydrogen) atoms. The van der Waals surface area contributed by atoms with Gasteiger partial charge in [-0.15, -0.1) is 24.7 Å². The van der Waals surface area contributed by atoms with Gasteiger partial charge in [-0.3, -0.25) is 13.7 Å². The van der Waals surface area contributed by atoms with Gasteiger partial charge >= 0.3 is 0 Å². The molecular formula is C42H32N8O12S4. The topological polar surface area (TPSA) is 288 Å². The Labute approximate surface area is 378 Å². The van der Waals surface area contributed by atoms with Gasteiger partial charge in [-0.05, 0) is 103 Å². The summed E-state index contributed by atoms with van der Waals surface area (Å²) < 4.78 is 102. The van der Waals surface area contributed by atoms with Crippen molar-refractivity contribution in [3.05, 3.63) is 139 Å². The highest BCUT2D eigenvalue weighted by atomic mass is 32.2. The van der Waals surface area contributed by atoms with Crippen molar-refractivity contribution < 1.29 is 53.5 Å². The van der Waals surface area contributed by atoms with Gasteiger partial charge in [0.05, 0.1) is 44.6 Å². The van der Waals surface area contributed by atoms with Crippen LogP contribution in [0, 0.1) is 6.92 Å². The van der Waals surface area contributed by atoms with Gasteiger partial charge in [0.15, 0.2) is 0 Å². The zero-order valence-electron chi connectivity index (χ0n) is 34.0. The van der Waals surface area contributed by atoms with E-state index in [0.29, 0.717) is 65.9 Å². The maximum Gasteiger partial charge on any atom is 0.295 e. The van der Waals surface area contributed by atoms with Crippen LogP contribution in [0.25, 0.3) is 61.1 Å². The summed E-state index contributed by atoms with van der Waals surface area (Å²) in [5, 5.41) is 41.1. The number of aromatic nitrogens is 6. The molecule has 0 spiro atoms. The Morgan fingerprint density at radius 1 is 0.606 bits per heavy atom. The number of rotatable bonds is 11. The van der Waals surface area contributed by atoms with Crippen LogP contribution in [0.1, 0.15) is 18.1 Å². The van der Waals surface area contributed by atoms with Crippen LogP contribution in [0.4, 0.5) is 11.4 Å². The van der Waals surface area contributed by atoms with E-state index in [4.69, 9.17) is 5.26 Å². The SMILES string of the molecule is CC=Cc1ccc(-n2nc3cc(SOOO)c4ccccc4c3n2)cc1S(=O)(=O)O.Cc1ccc(N=Nc2ccc(-n3nc4ccc5cc(S(=O)(=O)O)ccc5c4n3)cc2)cc1S(=O)(=O)O. The molecule has 2 heterocycles. The summed E-state index contributed by atoms with van der Waals surface area (Å²) in [5.74, 6) is 0. The van der Waals surface area contributed by atoms with Crippen molar-refractivity contribution in [1.29, 1.82) is 0 Å². The molecule has 0 bridgehead atoms. The lowest BCUT2D eigenvalue weighted by molar-refractivity contribution is -0.432. The van der Waals surface area contributed by atoms with Crippen molar-refractivity contribution in [3.8, 4) is 11.4 Å². The number of hydrogen-bond acceptors (Lipinski definition) is 16. The molecule has 9 rings (SSSR count). The molecule has 0 saturated heterocycles. The van der Waals surface area contributed by atoms with Gasteiger partial charge in [0.2, 0.25) is 0 Å². The molecule has 0 radical (unpaired) electrons. The molecule has 336 valence electrons. The van der Waals surface area contributed by atoms with Crippen LogP contribution in [0.5, 0.6) is 0 Å². The van der Waals surface area contributed by atoms with Crippen LogP contribution in [0.15, 0.2) is 157 Å². The summed E-state index contributed by atoms with van der Waals surface area (Å²) in [4.78, 5) is 2.69. The average molecular weight is 969 g/mol. The predicted octanol–water partition coefficient (Wildman–Crippen LogP) is 9.07. The van der Waals surface area contributed by atoms with Crippen LogP contribution in [-0.4, -0.2) is 74.2 Å². The van der Waals surface area contributed by atoms with E-state index in [1.54, 1.807) is 92.7 Å². The Morgan fingerprint density at radius 2 is 1.24 bits per heavy atom. The monoisotopic (exact) mass is 968 g/mol. The van der Waals surface area contributed by atoms with Gasteiger partial charge in [0.25, 0.3) is 30.4 Å². The van der Waals surface area contributed by atoms with E-state index in [0.717, 1.165) is 22.8 Å². The third-order valence-corrected chi connectivity index (χ3v) is 13.2. The van der Waals surface area contributed by atoms with Crippen LogP contribution >= 0.6 is 12.0 Å². The number of aryl methyl sites for hydroxylation is 1. The molecule has 0 unspecified atom stereocenters. The third-order valence-electron chi connectivity index (χ3n) is 9.81. The highest BCUT2D eigenvalue weighted by molar-refractivity contribution is 7.94. The minimum atomic E-state index is -4.45. The Balaban J connectivity index is 0.000000182. The largest absolute Gasteiger partial charge is 0.295 e. The summed E-state index contributed by atoms with van der Waals surface area (Å²) in [6, 6.07) is 32.5. The molecule has 0 saturated carbocycles. The summed E-state index contributed by atoms with van der Waals surface area (Å²) in [6.45, 7) is 3.31. The minimum Gasteiger partial charge on any atom is -0.282 e. The van der Waals surface area contributed by atoms with Crippen molar-refractivity contribution in [3.63, 3.8) is 0 Å². The first kappa shape index (κ1) is 45.7. The predicted molar refractivity (Wildman–Crippen MR) is 243 cm³/mol. The quantitative estimate of drug-likeness (QED) is 0.0309. The standard InChI is InChI=1S/C23H17N5O6S2.C19H15N3O6S2/c1-14-2-4-17(13-22(14)36(32,33)34)25-24-16-5-7-18(8-6-16)28-26-21-11-3-15-12-19(35(29,30)31)9-10-20(15)23(21)27-28;1-2-5-12-8-9-13(10-18(12)30(24,25)26)22-20-16-11-17(29-28-27-23)14-6-3-4-7-15(14)19(16)21-22/h2-13H,1H3,(H,29,30,31)(H,32,33,34);2-11,23H,1H3,(H,24,25,26). The molecule has 9 aromatic rings. The van der Waals surface area contributed by atoms with E-state index in [9.17, 15) is 38.9 Å². The Morgan fingerprint density at radius 3 is 1.92 bits per heavy atom. The van der Waals surface area contributed by atoms with E-state index in [2.05, 4.69) is 40.0 Å². The average Bonchev–Trinajstić information content (AvgIpc) is 3.93. The molecule has 0 aliphatic heterocycles. The maximum atomic E-state index is 11.8. The first-order valence-corrected chi connectivity index (χ1v) is 24.0. The van der Waals surface area contributed by atoms with Gasteiger partial charge in [-0.1, -0.05) is 65.7 Å². The van der Waals surface area contributed by atoms with Gasteiger partial charge in [-0.25, -0.2) is 5.26 Å². The molecule has 7 aromatic carbocycles. The summed E-state index contributed by atoms with van der Waals surface area (Å²) in [5.41, 5.74) is 4.77. The second-order valence-electron chi connectivity index (χ2n) is 14.1. The number of hydrogen-bond donors (Lipinski definition) is 4. The Hall–Kier alpha value is -6.84. The number of fused-ring (bicyclic) bond motifs is 6. The molecule has 20 nitrogen and oxygen atoms in total. The number of nitrogens with zero attached hydrogens (tertiary/aromatic N) is 8. The fourth-order valence-corrected chi connectivity index (χ4v) is 9.29. The summed E-state index contributed by atoms with van der Waals surface area (Å²) >= 11 is 0.814. The second-order valence-corrected chi connectivity index (χ2v) is 19.1. The molecule has 24 heteroatoms. The molecule has 0 aliphatic rings. The Bertz CT molecular complexity index is 3770. The zero-order chi connectivity index (χ0) is 47.0. The van der Waals surface area contributed by atoms with Crippen LogP contribution < -0.4 is 0 Å². The Kier molecular flexibility index (Phi) is 12.6. The van der Waals surface area contributed by atoms with Crippen molar-refractivity contribution in [2.24, 2.45) is 10.2 Å². The fourth-order valence-electron chi connectivity index (χ4n) is 6.80. The lowest BCUT2D eigenvalue weighted by atomic mass is 10.1. The van der Waals surface area contributed by atoms with E-state index >= 15 is 0 Å². The van der Waals surface area contributed by atoms with Gasteiger partial charge in [0, 0.05) is 21.1 Å². The first-order chi connectivity index (χ1) is 31.4. The van der Waals surface area contributed by atoms with Gasteiger partial charge < -0.3 is 0 Å². The van der Waals surface area contributed by atoms with E-state index in [1.807, 2.05) is 24.3 Å². The zero-order valence-corrected chi connectivity index (χ0v) is 37.2. The molecule has 0 atom stereocenters. The van der Waals surface area contributed by atoms with Crippen LogP contribution in [-0.2, 0) is 39.7 Å². The van der Waals surface area contributed by atoms with Crippen molar-refractivity contribution in [1.82, 2.24) is 30.0 Å². The van der Waals surface area contributed by atoms with Gasteiger partial charge in [-0.2, -0.15) is 45.1 Å². The minimum absolute atomic E-state index is 0.202. The van der Waals surface area contributed by atoms with Crippen molar-refractivity contribution in [2.75, 3.05) is 0 Å². The van der Waals surface area contributed by atoms with Crippen LogP contribution in [0.3, 0.4) is 0 Å². The van der Waals surface area contributed by atoms with E-state index in [1.165, 1.54) is 39.9 Å². The molecular weight excluding hydrogens is 937 g/mol. The molecule has 0 aliphatic carbocycles. The lowest BCUT2D eigenvalue weighted by Crippen LogP contribution is -2.05. The molecule has 0 fully saturated rings. The smallest absolute Gasteiger partial charge is 0.282 e. The number of azo groups is 1. The van der Waals surface area contributed by atoms with Gasteiger partial charge in [0.1, 0.15) is 27.0 Å². The second kappa shape index (κ2) is 18.2. The molecule has 4 N–H and O–H groups in total. The summed E-state index contributed by atoms with van der Waals surface area (Å²) in [6.07, 6.45) is 3.26. The number of allylic oxidation sites excluding steroid dienone is 1. The van der Waals surface area contributed by atoms with Crippen molar-refractivity contribution >= 4 is 103 Å². The molecule has 0 amide bonds. The molecule has 2 aromatic heterocycles. The van der Waals surface area contributed by atoms with E-state index in [-0.39, 0.29) is 20.4 Å². The summed E-state index contributed by atoms with van der Waals surface area (Å²) in [7, 11) is -13.1.